The molecule has 1 heterocycles. The molecule has 0 aliphatic carbocycles. The number of amides is 1. The van der Waals surface area contributed by atoms with Crippen LogP contribution in [0.5, 0.6) is 17.2 Å². The second-order valence-electron chi connectivity index (χ2n) is 2.93. The molecule has 0 atom stereocenters. The summed E-state index contributed by atoms with van der Waals surface area (Å²) in [7, 11) is 0. The van der Waals surface area contributed by atoms with E-state index >= 15 is 0 Å². The number of carbonyl (C=O) groups is 1. The molecule has 5 heteroatoms. The normalized spacial score (nSPS) is 12.3. The van der Waals surface area contributed by atoms with Crippen molar-refractivity contribution >= 4 is 6.09 Å². The van der Waals surface area contributed by atoms with Crippen molar-refractivity contribution in [3.05, 3.63) is 18.2 Å². The molecule has 5 nitrogen and oxygen atoms in total. The first-order valence-electron chi connectivity index (χ1n) is 4.65. The predicted octanol–water partition coefficient (Wildman–Crippen LogP) is 1.52. The van der Waals surface area contributed by atoms with Crippen molar-refractivity contribution in [3.63, 3.8) is 0 Å². The van der Waals surface area contributed by atoms with Gasteiger partial charge in [-0.25, -0.2) is 4.79 Å². The highest BCUT2D eigenvalue weighted by atomic mass is 16.7. The highest BCUT2D eigenvalue weighted by molar-refractivity contribution is 5.70. The number of carbonyl (C=O) groups excluding carboxylic acids is 1. The third-order valence-electron chi connectivity index (χ3n) is 1.88. The van der Waals surface area contributed by atoms with E-state index in [4.69, 9.17) is 14.2 Å². The number of benzene rings is 1. The molecule has 0 saturated carbocycles. The molecule has 0 radical (unpaired) electrons. The van der Waals surface area contributed by atoms with Crippen LogP contribution in [0.3, 0.4) is 0 Å². The Morgan fingerprint density at radius 3 is 3.07 bits per heavy atom. The zero-order chi connectivity index (χ0) is 10.7. The second-order valence-corrected chi connectivity index (χ2v) is 2.93. The van der Waals surface area contributed by atoms with E-state index < -0.39 is 6.09 Å². The summed E-state index contributed by atoms with van der Waals surface area (Å²) in [4.78, 5) is 11.1. The molecule has 1 aliphatic heterocycles. The summed E-state index contributed by atoms with van der Waals surface area (Å²) in [6.45, 7) is 2.56. The van der Waals surface area contributed by atoms with Gasteiger partial charge in [-0.3, -0.25) is 0 Å². The van der Waals surface area contributed by atoms with Crippen LogP contribution in [-0.4, -0.2) is 19.4 Å². The quantitative estimate of drug-likeness (QED) is 0.802. The van der Waals surface area contributed by atoms with E-state index in [1.54, 1.807) is 18.2 Å². The lowest BCUT2D eigenvalue weighted by molar-refractivity contribution is 0.174. The van der Waals surface area contributed by atoms with Crippen molar-refractivity contribution in [2.24, 2.45) is 0 Å². The average Bonchev–Trinajstić information content (AvgIpc) is 2.65. The summed E-state index contributed by atoms with van der Waals surface area (Å²) in [6.07, 6.45) is -0.476. The molecule has 0 fully saturated rings. The van der Waals surface area contributed by atoms with Gasteiger partial charge in [0.1, 0.15) is 5.75 Å². The first-order valence-corrected chi connectivity index (χ1v) is 4.65. The smallest absolute Gasteiger partial charge is 0.412 e. The molecular formula is C10H11NO4. The monoisotopic (exact) mass is 209 g/mol. The summed E-state index contributed by atoms with van der Waals surface area (Å²) < 4.78 is 15.3. The van der Waals surface area contributed by atoms with Gasteiger partial charge in [-0.05, 0) is 19.1 Å². The minimum absolute atomic E-state index is 0.208. The summed E-state index contributed by atoms with van der Waals surface area (Å²) in [5.41, 5.74) is 0. The third kappa shape index (κ3) is 2.12. The van der Waals surface area contributed by atoms with E-state index in [1.807, 2.05) is 6.92 Å². The minimum Gasteiger partial charge on any atom is -0.454 e. The van der Waals surface area contributed by atoms with Crippen LogP contribution < -0.4 is 19.5 Å². The molecule has 15 heavy (non-hydrogen) atoms. The van der Waals surface area contributed by atoms with E-state index in [2.05, 4.69) is 5.32 Å². The number of hydrogen-bond donors (Lipinski definition) is 1. The lowest BCUT2D eigenvalue weighted by Crippen LogP contribution is -2.26. The van der Waals surface area contributed by atoms with Crippen LogP contribution in [0, 0.1) is 0 Å². The molecule has 1 aromatic carbocycles. The maximum absolute atomic E-state index is 11.1. The summed E-state index contributed by atoms with van der Waals surface area (Å²) in [5, 5.41) is 2.53. The Bertz CT molecular complexity index is 378. The van der Waals surface area contributed by atoms with Gasteiger partial charge in [-0.1, -0.05) is 0 Å². The fraction of sp³-hybridized carbons (Fsp3) is 0.300. The number of hydrogen-bond acceptors (Lipinski definition) is 4. The van der Waals surface area contributed by atoms with Crippen LogP contribution >= 0.6 is 0 Å². The molecule has 1 N–H and O–H groups in total. The van der Waals surface area contributed by atoms with Crippen LogP contribution in [0.4, 0.5) is 4.79 Å². The number of nitrogens with one attached hydrogen (secondary N) is 1. The summed E-state index contributed by atoms with van der Waals surface area (Å²) in [6, 6.07) is 4.98. The minimum atomic E-state index is -0.476. The molecule has 80 valence electrons. The van der Waals surface area contributed by atoms with Crippen molar-refractivity contribution in [2.75, 3.05) is 13.3 Å². The highest BCUT2D eigenvalue weighted by Gasteiger charge is 2.14. The first kappa shape index (κ1) is 9.64. The van der Waals surface area contributed by atoms with Crippen LogP contribution in [0.15, 0.2) is 18.2 Å². The van der Waals surface area contributed by atoms with Gasteiger partial charge in [0.15, 0.2) is 11.5 Å². The largest absolute Gasteiger partial charge is 0.454 e. The molecular weight excluding hydrogens is 198 g/mol. The van der Waals surface area contributed by atoms with Crippen LogP contribution in [-0.2, 0) is 0 Å². The molecule has 0 spiro atoms. The molecule has 1 aromatic rings. The van der Waals surface area contributed by atoms with E-state index in [0.717, 1.165) is 0 Å². The average molecular weight is 209 g/mol. The van der Waals surface area contributed by atoms with Crippen molar-refractivity contribution in [3.8, 4) is 17.2 Å². The Hall–Kier alpha value is -1.91. The van der Waals surface area contributed by atoms with Crippen LogP contribution in [0.25, 0.3) is 0 Å². The fourth-order valence-corrected chi connectivity index (χ4v) is 1.23. The van der Waals surface area contributed by atoms with Gasteiger partial charge in [0, 0.05) is 12.6 Å². The zero-order valence-corrected chi connectivity index (χ0v) is 8.28. The first-order chi connectivity index (χ1) is 7.29. The lowest BCUT2D eigenvalue weighted by Gasteiger charge is -2.04. The van der Waals surface area contributed by atoms with Crippen molar-refractivity contribution < 1.29 is 19.0 Å². The Morgan fingerprint density at radius 1 is 1.47 bits per heavy atom. The van der Waals surface area contributed by atoms with E-state index in [1.165, 1.54) is 0 Å². The summed E-state index contributed by atoms with van der Waals surface area (Å²) >= 11 is 0. The van der Waals surface area contributed by atoms with E-state index in [-0.39, 0.29) is 6.79 Å². The Labute approximate surface area is 86.9 Å². The Morgan fingerprint density at radius 2 is 2.27 bits per heavy atom. The predicted molar refractivity (Wildman–Crippen MR) is 52.3 cm³/mol. The molecule has 2 rings (SSSR count). The number of rotatable bonds is 2. The maximum Gasteiger partial charge on any atom is 0.412 e. The number of ether oxygens (including phenoxy) is 3. The van der Waals surface area contributed by atoms with Gasteiger partial charge in [0.25, 0.3) is 0 Å². The van der Waals surface area contributed by atoms with Crippen molar-refractivity contribution in [1.82, 2.24) is 5.32 Å². The van der Waals surface area contributed by atoms with Gasteiger partial charge in [0.2, 0.25) is 6.79 Å². The SMILES string of the molecule is CCNC(=O)Oc1ccc2c(c1)OCO2. The highest BCUT2D eigenvalue weighted by Crippen LogP contribution is 2.34. The molecule has 0 saturated heterocycles. The van der Waals surface area contributed by atoms with E-state index in [9.17, 15) is 4.79 Å². The molecule has 1 amide bonds. The van der Waals surface area contributed by atoms with Crippen molar-refractivity contribution in [2.45, 2.75) is 6.92 Å². The lowest BCUT2D eigenvalue weighted by atomic mass is 10.3. The molecule has 0 unspecified atom stereocenters. The van der Waals surface area contributed by atoms with Crippen molar-refractivity contribution in [1.29, 1.82) is 0 Å². The zero-order valence-electron chi connectivity index (χ0n) is 8.28. The van der Waals surface area contributed by atoms with Gasteiger partial charge < -0.3 is 19.5 Å². The van der Waals surface area contributed by atoms with Crippen LogP contribution in [0.1, 0.15) is 6.92 Å². The Balaban J connectivity index is 2.06. The third-order valence-corrected chi connectivity index (χ3v) is 1.88. The molecule has 1 aliphatic rings. The molecule has 0 aromatic heterocycles. The van der Waals surface area contributed by atoms with Gasteiger partial charge in [-0.15, -0.1) is 0 Å². The fourth-order valence-electron chi connectivity index (χ4n) is 1.23. The Kier molecular flexibility index (Phi) is 2.62. The van der Waals surface area contributed by atoms with E-state index in [0.29, 0.717) is 23.8 Å². The summed E-state index contributed by atoms with van der Waals surface area (Å²) in [5.74, 6) is 1.69. The number of fused-ring (bicyclic) bond motifs is 1. The second kappa shape index (κ2) is 4.08. The van der Waals surface area contributed by atoms with Gasteiger partial charge in [-0.2, -0.15) is 0 Å². The van der Waals surface area contributed by atoms with Gasteiger partial charge in [0.05, 0.1) is 0 Å². The van der Waals surface area contributed by atoms with Crippen LogP contribution in [0.2, 0.25) is 0 Å². The molecule has 0 bridgehead atoms. The standard InChI is InChI=1S/C10H11NO4/c1-2-11-10(12)15-7-3-4-8-9(5-7)14-6-13-8/h3-5H,2,6H2,1H3,(H,11,12). The van der Waals surface area contributed by atoms with Gasteiger partial charge >= 0.3 is 6.09 Å². The topological polar surface area (TPSA) is 56.8 Å². The maximum atomic E-state index is 11.1.